The number of halogens is 1. The van der Waals surface area contributed by atoms with E-state index < -0.39 is 0 Å². The van der Waals surface area contributed by atoms with Crippen molar-refractivity contribution in [2.75, 3.05) is 83.4 Å². The molecule has 0 spiro atoms. The van der Waals surface area contributed by atoms with Crippen LogP contribution in [-0.4, -0.2) is 104 Å². The summed E-state index contributed by atoms with van der Waals surface area (Å²) in [5, 5.41) is 3.80. The molecule has 0 bridgehead atoms. The average molecular weight is 599 g/mol. The molecule has 0 atom stereocenters. The Bertz CT molecular complexity index is 1260. The number of nitrogens with one attached hydrogen (secondary N) is 2. The van der Waals surface area contributed by atoms with Gasteiger partial charge in [-0.05, 0) is 65.7 Å². The second-order valence-corrected chi connectivity index (χ2v) is 12.0. The van der Waals surface area contributed by atoms with Crippen molar-refractivity contribution >= 4 is 38.5 Å². The Morgan fingerprint density at radius 1 is 1.03 bits per heavy atom. The molecule has 3 aromatic rings. The van der Waals surface area contributed by atoms with Crippen molar-refractivity contribution in [2.45, 2.75) is 31.7 Å². The summed E-state index contributed by atoms with van der Waals surface area (Å²) in [4.78, 5) is 20.6. The first kappa shape index (κ1) is 26.8. The van der Waals surface area contributed by atoms with E-state index in [0.717, 1.165) is 102 Å². The number of aromatic amines is 1. The third-order valence-corrected chi connectivity index (χ3v) is 9.00. The molecule has 1 aromatic carbocycles. The van der Waals surface area contributed by atoms with Crippen LogP contribution in [0.1, 0.15) is 25.7 Å². The number of nitrogens with zero attached hydrogens (tertiary/aromatic N) is 5. The maximum Gasteiger partial charge on any atom is 0.159 e. The second kappa shape index (κ2) is 12.0. The normalized spacial score (nSPS) is 19.6. The Labute approximate surface area is 239 Å². The number of fused-ring (bicyclic) bond motifs is 1. The lowest BCUT2D eigenvalue weighted by Gasteiger charge is -2.36. The SMILES string of the molecule is COCCN1CCN(c2ccc(-c3nc4c(NC5CCN(CC6CC6)CC5)c(Br)cnc4[nH]3)cc2OC)CC1. The highest BCUT2D eigenvalue weighted by atomic mass is 79.9. The van der Waals surface area contributed by atoms with Gasteiger partial charge < -0.3 is 29.6 Å². The smallest absolute Gasteiger partial charge is 0.159 e. The lowest BCUT2D eigenvalue weighted by Crippen LogP contribution is -2.47. The molecule has 6 rings (SSSR count). The van der Waals surface area contributed by atoms with Crippen molar-refractivity contribution < 1.29 is 9.47 Å². The molecular formula is C29H40BrN7O2. The largest absolute Gasteiger partial charge is 0.495 e. The number of aromatic nitrogens is 3. The van der Waals surface area contributed by atoms with Crippen LogP contribution in [0.4, 0.5) is 11.4 Å². The maximum atomic E-state index is 5.85. The molecule has 2 aromatic heterocycles. The number of rotatable bonds is 10. The van der Waals surface area contributed by atoms with Gasteiger partial charge in [0, 0.05) is 77.3 Å². The number of benzene rings is 1. The fraction of sp³-hybridized carbons (Fsp3) is 0.586. The molecule has 0 unspecified atom stereocenters. The maximum absolute atomic E-state index is 5.85. The number of piperidine rings is 1. The van der Waals surface area contributed by atoms with Crippen LogP contribution in [0.2, 0.25) is 0 Å². The molecule has 9 nitrogen and oxygen atoms in total. The summed E-state index contributed by atoms with van der Waals surface area (Å²) in [6.45, 7) is 9.35. The quantitative estimate of drug-likeness (QED) is 0.355. The highest BCUT2D eigenvalue weighted by Gasteiger charge is 2.28. The highest BCUT2D eigenvalue weighted by Crippen LogP contribution is 2.36. The number of piperazine rings is 1. The first-order valence-corrected chi connectivity index (χ1v) is 15.1. The zero-order valence-corrected chi connectivity index (χ0v) is 24.7. The molecule has 0 amide bonds. The number of pyridine rings is 1. The number of methoxy groups -OCH3 is 2. The van der Waals surface area contributed by atoms with E-state index >= 15 is 0 Å². The Hall–Kier alpha value is -2.40. The number of hydrogen-bond acceptors (Lipinski definition) is 8. The molecule has 10 heteroatoms. The first-order chi connectivity index (χ1) is 19.1. The van der Waals surface area contributed by atoms with Gasteiger partial charge in [0.2, 0.25) is 0 Å². The zero-order chi connectivity index (χ0) is 26.8. The lowest BCUT2D eigenvalue weighted by atomic mass is 10.0. The van der Waals surface area contributed by atoms with Gasteiger partial charge >= 0.3 is 0 Å². The number of hydrogen-bond donors (Lipinski definition) is 2. The molecule has 2 N–H and O–H groups in total. The minimum Gasteiger partial charge on any atom is -0.495 e. The molecule has 2 aliphatic heterocycles. The van der Waals surface area contributed by atoms with Crippen LogP contribution in [0.15, 0.2) is 28.9 Å². The van der Waals surface area contributed by atoms with Crippen molar-refractivity contribution in [3.05, 3.63) is 28.9 Å². The van der Waals surface area contributed by atoms with Crippen molar-refractivity contribution in [3.8, 4) is 17.1 Å². The van der Waals surface area contributed by atoms with E-state index in [0.29, 0.717) is 6.04 Å². The summed E-state index contributed by atoms with van der Waals surface area (Å²) < 4.78 is 12.0. The van der Waals surface area contributed by atoms with Crippen LogP contribution < -0.4 is 15.0 Å². The molecule has 2 saturated heterocycles. The second-order valence-electron chi connectivity index (χ2n) is 11.1. The van der Waals surface area contributed by atoms with Gasteiger partial charge in [-0.2, -0.15) is 0 Å². The van der Waals surface area contributed by atoms with Crippen molar-refractivity contribution in [3.63, 3.8) is 0 Å². The molecule has 1 saturated carbocycles. The van der Waals surface area contributed by atoms with E-state index in [9.17, 15) is 0 Å². The first-order valence-electron chi connectivity index (χ1n) is 14.3. The van der Waals surface area contributed by atoms with Crippen LogP contribution in [0.5, 0.6) is 5.75 Å². The number of ether oxygens (including phenoxy) is 2. The van der Waals surface area contributed by atoms with Gasteiger partial charge in [-0.1, -0.05) is 0 Å². The van der Waals surface area contributed by atoms with Crippen LogP contribution in [0.25, 0.3) is 22.6 Å². The van der Waals surface area contributed by atoms with Crippen LogP contribution in [0, 0.1) is 5.92 Å². The monoisotopic (exact) mass is 597 g/mol. The van der Waals surface area contributed by atoms with Crippen molar-refractivity contribution in [1.29, 1.82) is 0 Å². The molecule has 1 aliphatic carbocycles. The number of anilines is 2. The minimum absolute atomic E-state index is 0.442. The Morgan fingerprint density at radius 3 is 2.54 bits per heavy atom. The molecule has 3 fully saturated rings. The van der Waals surface area contributed by atoms with Crippen molar-refractivity contribution in [2.24, 2.45) is 5.92 Å². The minimum atomic E-state index is 0.442. The van der Waals surface area contributed by atoms with Gasteiger partial charge in [0.05, 0.1) is 29.6 Å². The fourth-order valence-electron chi connectivity index (χ4n) is 5.85. The van der Waals surface area contributed by atoms with E-state index in [1.54, 1.807) is 14.2 Å². The molecule has 0 radical (unpaired) electrons. The Morgan fingerprint density at radius 2 is 1.82 bits per heavy atom. The van der Waals surface area contributed by atoms with Gasteiger partial charge in [-0.15, -0.1) is 0 Å². The predicted molar refractivity (Wildman–Crippen MR) is 160 cm³/mol. The number of H-pyrrole nitrogens is 1. The standard InChI is InChI=1S/C29H40BrN7O2/c1-38-16-15-35-11-13-37(14-12-35)24-6-5-21(17-25(24)39-2)28-33-27-26(23(30)18-31-29(27)34-28)32-22-7-9-36(10-8-22)19-20-3-4-20/h5-6,17-18,20,22H,3-4,7-16,19H2,1-2H3,(H2,31,32,33,34). The predicted octanol–water partition coefficient (Wildman–Crippen LogP) is 4.45. The third kappa shape index (κ3) is 6.19. The fourth-order valence-corrected chi connectivity index (χ4v) is 6.26. The summed E-state index contributed by atoms with van der Waals surface area (Å²) in [7, 11) is 3.50. The lowest BCUT2D eigenvalue weighted by molar-refractivity contribution is 0.144. The summed E-state index contributed by atoms with van der Waals surface area (Å²) in [6.07, 6.45) is 7.01. The Kier molecular flexibility index (Phi) is 8.25. The van der Waals surface area contributed by atoms with E-state index in [-0.39, 0.29) is 0 Å². The summed E-state index contributed by atoms with van der Waals surface area (Å²) in [5.41, 5.74) is 4.80. The van der Waals surface area contributed by atoms with Gasteiger partial charge in [0.1, 0.15) is 17.1 Å². The van der Waals surface area contributed by atoms with Crippen LogP contribution in [0.3, 0.4) is 0 Å². The molecule has 39 heavy (non-hydrogen) atoms. The van der Waals surface area contributed by atoms with Crippen molar-refractivity contribution in [1.82, 2.24) is 24.8 Å². The zero-order valence-electron chi connectivity index (χ0n) is 23.1. The van der Waals surface area contributed by atoms with Gasteiger partial charge in [-0.3, -0.25) is 4.90 Å². The summed E-state index contributed by atoms with van der Waals surface area (Å²) in [6, 6.07) is 6.81. The topological polar surface area (TPSA) is 81.8 Å². The highest BCUT2D eigenvalue weighted by molar-refractivity contribution is 9.10. The van der Waals surface area contributed by atoms with E-state index in [4.69, 9.17) is 14.5 Å². The van der Waals surface area contributed by atoms with E-state index in [1.165, 1.54) is 32.5 Å². The molecular weight excluding hydrogens is 558 g/mol. The third-order valence-electron chi connectivity index (χ3n) is 8.39. The van der Waals surface area contributed by atoms with Gasteiger partial charge in [0.25, 0.3) is 0 Å². The summed E-state index contributed by atoms with van der Waals surface area (Å²) in [5.74, 6) is 2.62. The van der Waals surface area contributed by atoms with E-state index in [2.05, 4.69) is 64.1 Å². The van der Waals surface area contributed by atoms with Crippen LogP contribution in [-0.2, 0) is 4.74 Å². The van der Waals surface area contributed by atoms with Gasteiger partial charge in [0.15, 0.2) is 5.65 Å². The van der Waals surface area contributed by atoms with Gasteiger partial charge in [-0.25, -0.2) is 9.97 Å². The molecule has 3 aliphatic rings. The van der Waals surface area contributed by atoms with E-state index in [1.807, 2.05) is 6.20 Å². The Balaban J connectivity index is 1.17. The molecule has 4 heterocycles. The average Bonchev–Trinajstić information content (AvgIpc) is 3.68. The number of likely N-dealkylation sites (tertiary alicyclic amines) is 1. The summed E-state index contributed by atoms with van der Waals surface area (Å²) >= 11 is 3.73. The van der Waals surface area contributed by atoms with Crippen LogP contribution >= 0.6 is 15.9 Å². The molecule has 210 valence electrons. The number of imidazole rings is 1.